The first-order valence-corrected chi connectivity index (χ1v) is 9.22. The number of fused-ring (bicyclic) bond motifs is 1. The zero-order chi connectivity index (χ0) is 19.1. The van der Waals surface area contributed by atoms with Crippen LogP contribution in [0.2, 0.25) is 5.02 Å². The smallest absolute Gasteiger partial charge is 0.266 e. The molecule has 0 bridgehead atoms. The topological polar surface area (TPSA) is 79.4 Å². The molecule has 6 nitrogen and oxygen atoms in total. The molecule has 134 valence electrons. The van der Waals surface area contributed by atoms with Crippen LogP contribution in [0.25, 0.3) is 0 Å². The molecular formula is C19H12ClN3O3S. The van der Waals surface area contributed by atoms with E-state index in [1.54, 1.807) is 24.3 Å². The number of carbonyl (C=O) groups excluding carboxylic acids is 3. The maximum atomic E-state index is 12.8. The Morgan fingerprint density at radius 2 is 1.85 bits per heavy atom. The second-order valence-corrected chi connectivity index (χ2v) is 7.17. The van der Waals surface area contributed by atoms with E-state index in [2.05, 4.69) is 10.3 Å². The van der Waals surface area contributed by atoms with Crippen molar-refractivity contribution in [3.8, 4) is 0 Å². The number of hydrogen-bond donors (Lipinski definition) is 1. The summed E-state index contributed by atoms with van der Waals surface area (Å²) in [6, 6.07) is 11.0. The van der Waals surface area contributed by atoms with Gasteiger partial charge in [-0.25, -0.2) is 9.88 Å². The predicted molar refractivity (Wildman–Crippen MR) is 104 cm³/mol. The number of amides is 3. The summed E-state index contributed by atoms with van der Waals surface area (Å²) in [4.78, 5) is 43.1. The van der Waals surface area contributed by atoms with Crippen molar-refractivity contribution in [1.82, 2.24) is 4.98 Å². The molecule has 3 amide bonds. The van der Waals surface area contributed by atoms with E-state index in [1.807, 2.05) is 12.3 Å². The molecule has 2 aromatic carbocycles. The second-order valence-electron chi connectivity index (χ2n) is 5.91. The van der Waals surface area contributed by atoms with Crippen molar-refractivity contribution in [2.45, 2.75) is 6.92 Å². The Kier molecular flexibility index (Phi) is 4.25. The minimum absolute atomic E-state index is 0.169. The monoisotopic (exact) mass is 397 g/mol. The van der Waals surface area contributed by atoms with Crippen LogP contribution in [0.3, 0.4) is 0 Å². The van der Waals surface area contributed by atoms with Gasteiger partial charge in [-0.1, -0.05) is 23.7 Å². The van der Waals surface area contributed by atoms with Crippen LogP contribution in [0, 0.1) is 6.92 Å². The number of aromatic nitrogens is 1. The molecule has 4 rings (SSSR count). The number of rotatable bonds is 3. The van der Waals surface area contributed by atoms with Gasteiger partial charge in [-0.3, -0.25) is 19.7 Å². The zero-order valence-corrected chi connectivity index (χ0v) is 15.6. The zero-order valence-electron chi connectivity index (χ0n) is 14.0. The van der Waals surface area contributed by atoms with Crippen LogP contribution in [0.5, 0.6) is 0 Å². The molecular weight excluding hydrogens is 386 g/mol. The lowest BCUT2D eigenvalue weighted by Gasteiger charge is -2.15. The summed E-state index contributed by atoms with van der Waals surface area (Å²) in [6.07, 6.45) is 0. The average molecular weight is 398 g/mol. The van der Waals surface area contributed by atoms with Gasteiger partial charge in [-0.2, -0.15) is 0 Å². The summed E-state index contributed by atoms with van der Waals surface area (Å²) in [6.45, 7) is 1.83. The number of nitrogens with zero attached hydrogens (tertiary/aromatic N) is 2. The molecule has 0 spiro atoms. The molecule has 0 atom stereocenters. The highest BCUT2D eigenvalue weighted by atomic mass is 35.5. The number of halogens is 1. The molecule has 2 heterocycles. The lowest BCUT2D eigenvalue weighted by Crippen LogP contribution is -2.29. The van der Waals surface area contributed by atoms with E-state index >= 15 is 0 Å². The van der Waals surface area contributed by atoms with Gasteiger partial charge in [0.1, 0.15) is 0 Å². The molecule has 0 radical (unpaired) electrons. The highest BCUT2D eigenvalue weighted by Crippen LogP contribution is 2.33. The Labute approximate surface area is 163 Å². The minimum atomic E-state index is -0.511. The van der Waals surface area contributed by atoms with Crippen LogP contribution in [-0.2, 0) is 0 Å². The van der Waals surface area contributed by atoms with Crippen LogP contribution in [0.4, 0.5) is 10.8 Å². The van der Waals surface area contributed by atoms with Crippen molar-refractivity contribution in [1.29, 1.82) is 0 Å². The molecule has 1 N–H and O–H groups in total. The van der Waals surface area contributed by atoms with E-state index < -0.39 is 17.7 Å². The fourth-order valence-electron chi connectivity index (χ4n) is 2.81. The number of aryl methyl sites for hydroxylation is 1. The summed E-state index contributed by atoms with van der Waals surface area (Å²) < 4.78 is 0. The Hall–Kier alpha value is -3.03. The van der Waals surface area contributed by atoms with E-state index in [1.165, 1.54) is 29.5 Å². The molecule has 3 aromatic rings. The number of imide groups is 1. The Morgan fingerprint density at radius 3 is 2.56 bits per heavy atom. The first-order valence-electron chi connectivity index (χ1n) is 7.96. The maximum Gasteiger partial charge on any atom is 0.266 e. The lowest BCUT2D eigenvalue weighted by atomic mass is 10.1. The number of nitrogens with one attached hydrogen (secondary N) is 1. The summed E-state index contributed by atoms with van der Waals surface area (Å²) in [5.41, 5.74) is 1.79. The number of carbonyl (C=O) groups is 3. The van der Waals surface area contributed by atoms with Gasteiger partial charge in [0, 0.05) is 10.9 Å². The molecule has 1 aliphatic rings. The molecule has 0 aliphatic carbocycles. The van der Waals surface area contributed by atoms with Crippen LogP contribution < -0.4 is 10.2 Å². The molecule has 1 aromatic heterocycles. The van der Waals surface area contributed by atoms with Gasteiger partial charge in [-0.15, -0.1) is 11.3 Å². The lowest BCUT2D eigenvalue weighted by molar-refractivity contribution is 0.0925. The van der Waals surface area contributed by atoms with Gasteiger partial charge in [0.05, 0.1) is 27.5 Å². The van der Waals surface area contributed by atoms with Gasteiger partial charge in [0.25, 0.3) is 17.7 Å². The first kappa shape index (κ1) is 17.4. The molecule has 1 aliphatic heterocycles. The Morgan fingerprint density at radius 1 is 1.11 bits per heavy atom. The second kappa shape index (κ2) is 6.61. The molecule has 8 heteroatoms. The average Bonchev–Trinajstić information content (AvgIpc) is 3.17. The first-order chi connectivity index (χ1) is 13.0. The maximum absolute atomic E-state index is 12.8. The minimum Gasteiger partial charge on any atom is -0.298 e. The van der Waals surface area contributed by atoms with E-state index in [0.29, 0.717) is 15.8 Å². The van der Waals surface area contributed by atoms with Gasteiger partial charge in [0.2, 0.25) is 0 Å². The standard InChI is InChI=1S/C19H12ClN3O3S/c1-10-9-27-19(21-10)22-16(24)11-6-7-12-13(8-11)18(26)23(17(12)25)15-5-3-2-4-14(15)20/h2-9H,1H3,(H,21,22,24). The van der Waals surface area contributed by atoms with Crippen molar-refractivity contribution < 1.29 is 14.4 Å². The number of para-hydroxylation sites is 1. The van der Waals surface area contributed by atoms with E-state index in [4.69, 9.17) is 11.6 Å². The molecule has 0 saturated heterocycles. The summed E-state index contributed by atoms with van der Waals surface area (Å²) in [7, 11) is 0. The molecule has 0 fully saturated rings. The normalized spacial score (nSPS) is 13.0. The number of anilines is 2. The van der Waals surface area contributed by atoms with Gasteiger partial charge in [-0.05, 0) is 37.3 Å². The van der Waals surface area contributed by atoms with Crippen molar-refractivity contribution in [3.05, 3.63) is 75.3 Å². The third-order valence-electron chi connectivity index (χ3n) is 4.08. The van der Waals surface area contributed by atoms with E-state index in [9.17, 15) is 14.4 Å². The SMILES string of the molecule is Cc1csc(NC(=O)c2ccc3c(c2)C(=O)N(c2ccccc2Cl)C3=O)n1. The molecule has 0 saturated carbocycles. The Balaban J connectivity index is 1.66. The van der Waals surface area contributed by atoms with Crippen LogP contribution in [0.1, 0.15) is 36.8 Å². The fraction of sp³-hybridized carbons (Fsp3) is 0.0526. The van der Waals surface area contributed by atoms with Crippen molar-refractivity contribution >= 4 is 51.5 Å². The number of benzene rings is 2. The van der Waals surface area contributed by atoms with Crippen LogP contribution in [0.15, 0.2) is 47.8 Å². The quantitative estimate of drug-likeness (QED) is 0.673. The number of hydrogen-bond acceptors (Lipinski definition) is 5. The number of thiazole rings is 1. The van der Waals surface area contributed by atoms with Gasteiger partial charge < -0.3 is 0 Å². The third-order valence-corrected chi connectivity index (χ3v) is 5.28. The fourth-order valence-corrected chi connectivity index (χ4v) is 3.72. The van der Waals surface area contributed by atoms with E-state index in [-0.39, 0.29) is 16.7 Å². The largest absolute Gasteiger partial charge is 0.298 e. The summed E-state index contributed by atoms with van der Waals surface area (Å²) in [5.74, 6) is -1.38. The molecule has 27 heavy (non-hydrogen) atoms. The molecule has 0 unspecified atom stereocenters. The highest BCUT2D eigenvalue weighted by Gasteiger charge is 2.38. The van der Waals surface area contributed by atoms with Crippen LogP contribution >= 0.6 is 22.9 Å². The van der Waals surface area contributed by atoms with Gasteiger partial charge >= 0.3 is 0 Å². The van der Waals surface area contributed by atoms with Crippen molar-refractivity contribution in [3.63, 3.8) is 0 Å². The summed E-state index contributed by atoms with van der Waals surface area (Å²) >= 11 is 7.45. The van der Waals surface area contributed by atoms with Crippen LogP contribution in [-0.4, -0.2) is 22.7 Å². The van der Waals surface area contributed by atoms with E-state index in [0.717, 1.165) is 10.6 Å². The van der Waals surface area contributed by atoms with Crippen molar-refractivity contribution in [2.75, 3.05) is 10.2 Å². The van der Waals surface area contributed by atoms with Crippen molar-refractivity contribution in [2.24, 2.45) is 0 Å². The predicted octanol–water partition coefficient (Wildman–Crippen LogP) is 4.16. The third kappa shape index (κ3) is 3.01. The van der Waals surface area contributed by atoms with Gasteiger partial charge in [0.15, 0.2) is 5.13 Å². The Bertz CT molecular complexity index is 1110. The summed E-state index contributed by atoms with van der Waals surface area (Å²) in [5, 5.41) is 5.27. The highest BCUT2D eigenvalue weighted by molar-refractivity contribution is 7.13.